The van der Waals surface area contributed by atoms with Crippen LogP contribution in [0.4, 0.5) is 5.69 Å². The van der Waals surface area contributed by atoms with Gasteiger partial charge in [-0.2, -0.15) is 0 Å². The van der Waals surface area contributed by atoms with Gasteiger partial charge in [0.25, 0.3) is 0 Å². The Morgan fingerprint density at radius 1 is 1.23 bits per heavy atom. The molecule has 1 aromatic heterocycles. The highest BCUT2D eigenvalue weighted by Gasteiger charge is 2.10. The molecule has 0 radical (unpaired) electrons. The van der Waals surface area contributed by atoms with Crippen molar-refractivity contribution < 1.29 is 14.6 Å². The fourth-order valence-electron chi connectivity index (χ4n) is 2.21. The summed E-state index contributed by atoms with van der Waals surface area (Å²) in [7, 11) is 0. The normalized spacial score (nSPS) is 11.4. The number of para-hydroxylation sites is 1. The van der Waals surface area contributed by atoms with Crippen molar-refractivity contribution in [3.63, 3.8) is 0 Å². The molecule has 7 heteroatoms. The van der Waals surface area contributed by atoms with Gasteiger partial charge in [0.15, 0.2) is 0 Å². The molecule has 0 atom stereocenters. The van der Waals surface area contributed by atoms with E-state index in [-0.39, 0.29) is 5.56 Å². The standard InChI is InChI=1S/C19H15ClN2O3S/c1-12(21-16-5-3-2-4-15(16)19(23)24)17-11-26-18(22-17)10-25-14-8-6-13(20)7-9-14/h2-9,11H,10H2,1H3,(H,23,24). The van der Waals surface area contributed by atoms with Crippen LogP contribution in [0, 0.1) is 0 Å². The minimum atomic E-state index is -1.01. The predicted molar refractivity (Wildman–Crippen MR) is 103 cm³/mol. The first-order chi connectivity index (χ1) is 12.5. The Bertz CT molecular complexity index is 951. The van der Waals surface area contributed by atoms with Crippen LogP contribution in [0.2, 0.25) is 5.02 Å². The average Bonchev–Trinajstić information content (AvgIpc) is 3.11. The van der Waals surface area contributed by atoms with Crippen LogP contribution in [0.15, 0.2) is 58.9 Å². The number of carboxylic acid groups (broad SMARTS) is 1. The van der Waals surface area contributed by atoms with Crippen molar-refractivity contribution in [1.29, 1.82) is 0 Å². The van der Waals surface area contributed by atoms with E-state index in [0.717, 1.165) is 5.01 Å². The average molecular weight is 387 g/mol. The van der Waals surface area contributed by atoms with E-state index in [1.807, 2.05) is 5.38 Å². The molecule has 2 aromatic carbocycles. The molecule has 5 nitrogen and oxygen atoms in total. The number of hydrogen-bond acceptors (Lipinski definition) is 5. The summed E-state index contributed by atoms with van der Waals surface area (Å²) >= 11 is 7.31. The molecular formula is C19H15ClN2O3S. The van der Waals surface area contributed by atoms with Gasteiger partial charge in [0.1, 0.15) is 17.4 Å². The number of benzene rings is 2. The number of carboxylic acids is 1. The Balaban J connectivity index is 1.72. The molecular weight excluding hydrogens is 372 g/mol. The minimum Gasteiger partial charge on any atom is -0.486 e. The molecule has 0 saturated carbocycles. The van der Waals surface area contributed by atoms with E-state index in [1.165, 1.54) is 17.4 Å². The third-order valence-corrected chi connectivity index (χ3v) is 4.60. The topological polar surface area (TPSA) is 71.8 Å². The lowest BCUT2D eigenvalue weighted by atomic mass is 10.2. The summed E-state index contributed by atoms with van der Waals surface area (Å²) in [6, 6.07) is 13.8. The molecule has 0 amide bonds. The fourth-order valence-corrected chi connectivity index (χ4v) is 3.08. The SMILES string of the molecule is CC(=Nc1ccccc1C(=O)O)c1csc(COc2ccc(Cl)cc2)n1. The van der Waals surface area contributed by atoms with Crippen LogP contribution in [0.25, 0.3) is 0 Å². The van der Waals surface area contributed by atoms with Crippen LogP contribution in [-0.2, 0) is 6.61 Å². The van der Waals surface area contributed by atoms with Crippen LogP contribution in [0.1, 0.15) is 28.0 Å². The Labute approximate surface area is 159 Å². The van der Waals surface area contributed by atoms with Crippen LogP contribution >= 0.6 is 22.9 Å². The van der Waals surface area contributed by atoms with Crippen LogP contribution in [0.5, 0.6) is 5.75 Å². The van der Waals surface area contributed by atoms with Crippen molar-refractivity contribution in [2.24, 2.45) is 4.99 Å². The molecule has 132 valence electrons. The van der Waals surface area contributed by atoms with Crippen LogP contribution in [0.3, 0.4) is 0 Å². The molecule has 0 saturated heterocycles. The summed E-state index contributed by atoms with van der Waals surface area (Å²) < 4.78 is 5.68. The first-order valence-corrected chi connectivity index (χ1v) is 8.99. The number of hydrogen-bond donors (Lipinski definition) is 1. The van der Waals surface area contributed by atoms with Gasteiger partial charge in [-0.3, -0.25) is 4.99 Å². The van der Waals surface area contributed by atoms with E-state index in [0.29, 0.717) is 34.5 Å². The second kappa shape index (κ2) is 8.12. The van der Waals surface area contributed by atoms with E-state index in [4.69, 9.17) is 16.3 Å². The summed E-state index contributed by atoms with van der Waals surface area (Å²) in [5.74, 6) is -0.292. The van der Waals surface area contributed by atoms with Crippen molar-refractivity contribution in [2.75, 3.05) is 0 Å². The Kier molecular flexibility index (Phi) is 5.65. The van der Waals surface area contributed by atoms with Crippen molar-refractivity contribution in [1.82, 2.24) is 4.98 Å². The van der Waals surface area contributed by atoms with E-state index >= 15 is 0 Å². The van der Waals surface area contributed by atoms with Gasteiger partial charge < -0.3 is 9.84 Å². The van der Waals surface area contributed by atoms with Crippen LogP contribution < -0.4 is 4.74 Å². The monoisotopic (exact) mass is 386 g/mol. The van der Waals surface area contributed by atoms with Gasteiger partial charge in [0.05, 0.1) is 22.7 Å². The van der Waals surface area contributed by atoms with E-state index in [9.17, 15) is 9.90 Å². The molecule has 0 bridgehead atoms. The van der Waals surface area contributed by atoms with Gasteiger partial charge >= 0.3 is 5.97 Å². The predicted octanol–water partition coefficient (Wildman–Crippen LogP) is 5.21. The molecule has 1 heterocycles. The fraction of sp³-hybridized carbons (Fsp3) is 0.105. The Morgan fingerprint density at radius 2 is 1.96 bits per heavy atom. The maximum Gasteiger partial charge on any atom is 0.337 e. The lowest BCUT2D eigenvalue weighted by Gasteiger charge is -2.03. The van der Waals surface area contributed by atoms with Crippen LogP contribution in [-0.4, -0.2) is 21.8 Å². The maximum absolute atomic E-state index is 11.3. The second-order valence-corrected chi connectivity index (χ2v) is 6.77. The number of carbonyl (C=O) groups is 1. The molecule has 0 fully saturated rings. The summed E-state index contributed by atoms with van der Waals surface area (Å²) in [5.41, 5.74) is 1.91. The number of thiazole rings is 1. The zero-order valence-corrected chi connectivity index (χ0v) is 15.4. The maximum atomic E-state index is 11.3. The number of aromatic nitrogens is 1. The lowest BCUT2D eigenvalue weighted by Crippen LogP contribution is -2.00. The van der Waals surface area contributed by atoms with Gasteiger partial charge in [0, 0.05) is 10.4 Å². The Hall–Kier alpha value is -2.70. The van der Waals surface area contributed by atoms with Crippen molar-refractivity contribution in [3.8, 4) is 5.75 Å². The first kappa shape index (κ1) is 18.1. The largest absolute Gasteiger partial charge is 0.486 e. The van der Waals surface area contributed by atoms with Gasteiger partial charge in [-0.1, -0.05) is 23.7 Å². The van der Waals surface area contributed by atoms with Crippen molar-refractivity contribution in [3.05, 3.63) is 75.2 Å². The smallest absolute Gasteiger partial charge is 0.337 e. The Morgan fingerprint density at radius 3 is 2.69 bits per heavy atom. The van der Waals surface area contributed by atoms with Gasteiger partial charge in [-0.15, -0.1) is 11.3 Å². The molecule has 1 N–H and O–H groups in total. The van der Waals surface area contributed by atoms with E-state index in [1.54, 1.807) is 49.4 Å². The van der Waals surface area contributed by atoms with Gasteiger partial charge in [0.2, 0.25) is 0 Å². The quantitative estimate of drug-likeness (QED) is 0.590. The summed E-state index contributed by atoms with van der Waals surface area (Å²) in [5, 5.41) is 12.6. The molecule has 0 unspecified atom stereocenters. The number of nitrogens with zero attached hydrogens (tertiary/aromatic N) is 2. The molecule has 0 aliphatic heterocycles. The number of ether oxygens (including phenoxy) is 1. The summed E-state index contributed by atoms with van der Waals surface area (Å²) in [4.78, 5) is 20.2. The van der Waals surface area contributed by atoms with Crippen molar-refractivity contribution >= 4 is 40.3 Å². The van der Waals surface area contributed by atoms with E-state index < -0.39 is 5.97 Å². The molecule has 0 spiro atoms. The highest BCUT2D eigenvalue weighted by Crippen LogP contribution is 2.22. The highest BCUT2D eigenvalue weighted by atomic mass is 35.5. The zero-order valence-electron chi connectivity index (χ0n) is 13.8. The second-order valence-electron chi connectivity index (χ2n) is 5.39. The number of aromatic carboxylic acids is 1. The molecule has 0 aliphatic carbocycles. The molecule has 3 rings (SSSR count). The number of halogens is 1. The van der Waals surface area contributed by atoms with Gasteiger partial charge in [-0.05, 0) is 43.3 Å². The number of rotatable bonds is 6. The summed E-state index contributed by atoms with van der Waals surface area (Å²) in [6.07, 6.45) is 0. The van der Waals surface area contributed by atoms with E-state index in [2.05, 4.69) is 9.98 Å². The third kappa shape index (κ3) is 4.47. The van der Waals surface area contributed by atoms with Gasteiger partial charge in [-0.25, -0.2) is 9.78 Å². The summed E-state index contributed by atoms with van der Waals surface area (Å²) in [6.45, 7) is 2.14. The van der Waals surface area contributed by atoms with Crippen molar-refractivity contribution in [2.45, 2.75) is 13.5 Å². The zero-order chi connectivity index (χ0) is 18.5. The third-order valence-electron chi connectivity index (χ3n) is 3.52. The lowest BCUT2D eigenvalue weighted by molar-refractivity contribution is 0.0698. The first-order valence-electron chi connectivity index (χ1n) is 7.73. The molecule has 26 heavy (non-hydrogen) atoms. The highest BCUT2D eigenvalue weighted by molar-refractivity contribution is 7.09. The molecule has 3 aromatic rings. The molecule has 0 aliphatic rings. The minimum absolute atomic E-state index is 0.161. The number of aliphatic imine (C=N–C) groups is 1.